The summed E-state index contributed by atoms with van der Waals surface area (Å²) in [5.74, 6) is 0.698. The van der Waals surface area contributed by atoms with Gasteiger partial charge in [-0.15, -0.1) is 0 Å². The zero-order valence-electron chi connectivity index (χ0n) is 14.2. The number of allylic oxidation sites excluding steroid dienone is 1. The van der Waals surface area contributed by atoms with Crippen LogP contribution in [0.5, 0.6) is 5.75 Å². The summed E-state index contributed by atoms with van der Waals surface area (Å²) in [5, 5.41) is 2.88. The third kappa shape index (κ3) is 7.15. The largest absolute Gasteiger partial charge is 0.492 e. The molecule has 0 saturated heterocycles. The normalized spacial score (nSPS) is 19.1. The molecule has 0 bridgehead atoms. The van der Waals surface area contributed by atoms with Crippen molar-refractivity contribution in [1.82, 2.24) is 5.32 Å². The molecule has 1 aliphatic carbocycles. The quantitative estimate of drug-likeness (QED) is 0.718. The highest BCUT2D eigenvalue weighted by atomic mass is 16.5. The number of hydrogen-bond acceptors (Lipinski definition) is 4. The third-order valence-electron chi connectivity index (χ3n) is 3.94. The molecule has 1 aliphatic rings. The first-order chi connectivity index (χ1) is 11.8. The van der Waals surface area contributed by atoms with Gasteiger partial charge in [0.1, 0.15) is 19.0 Å². The summed E-state index contributed by atoms with van der Waals surface area (Å²) in [7, 11) is 0. The van der Waals surface area contributed by atoms with E-state index in [9.17, 15) is 4.79 Å². The van der Waals surface area contributed by atoms with E-state index >= 15 is 0 Å². The SMILES string of the molecule is NCCOc1ccc(CNC(=O)COC2/C=C\CCCCC2)cc1. The number of benzene rings is 1. The number of carbonyl (C=O) groups is 1. The molecular formula is C19H28N2O3. The first-order valence-corrected chi connectivity index (χ1v) is 8.74. The van der Waals surface area contributed by atoms with Gasteiger partial charge in [0.25, 0.3) is 0 Å². The van der Waals surface area contributed by atoms with Gasteiger partial charge in [0.2, 0.25) is 5.91 Å². The van der Waals surface area contributed by atoms with E-state index in [0.717, 1.165) is 30.6 Å². The van der Waals surface area contributed by atoms with Crippen molar-refractivity contribution in [1.29, 1.82) is 0 Å². The molecule has 1 aromatic rings. The molecule has 5 nitrogen and oxygen atoms in total. The Hall–Kier alpha value is -1.85. The van der Waals surface area contributed by atoms with E-state index in [1.165, 1.54) is 12.8 Å². The van der Waals surface area contributed by atoms with Crippen molar-refractivity contribution in [2.75, 3.05) is 19.8 Å². The number of nitrogens with one attached hydrogen (secondary N) is 1. The molecule has 0 spiro atoms. The molecule has 24 heavy (non-hydrogen) atoms. The Morgan fingerprint density at radius 1 is 1.21 bits per heavy atom. The molecule has 2 rings (SSSR count). The standard InChI is InChI=1S/C19H28N2O3/c20-12-13-23-18-10-8-16(9-11-18)14-21-19(22)15-24-17-6-4-2-1-3-5-7-17/h4,6,8-11,17H,1-3,5,7,12-15,20H2,(H,21,22)/b6-4-. The van der Waals surface area contributed by atoms with Crippen molar-refractivity contribution in [2.45, 2.75) is 44.8 Å². The second-order valence-corrected chi connectivity index (χ2v) is 5.97. The number of carbonyl (C=O) groups excluding carboxylic acids is 1. The predicted octanol–water partition coefficient (Wildman–Crippen LogP) is 2.55. The Morgan fingerprint density at radius 2 is 2.04 bits per heavy atom. The van der Waals surface area contributed by atoms with Gasteiger partial charge in [-0.3, -0.25) is 4.79 Å². The molecule has 0 aliphatic heterocycles. The maximum absolute atomic E-state index is 11.9. The van der Waals surface area contributed by atoms with Crippen molar-refractivity contribution in [3.05, 3.63) is 42.0 Å². The summed E-state index contributed by atoms with van der Waals surface area (Å²) in [6.45, 7) is 1.59. The molecule has 3 N–H and O–H groups in total. The maximum atomic E-state index is 11.9. The minimum atomic E-state index is -0.0890. The van der Waals surface area contributed by atoms with Gasteiger partial charge in [0.05, 0.1) is 6.10 Å². The highest BCUT2D eigenvalue weighted by molar-refractivity contribution is 5.77. The van der Waals surface area contributed by atoms with E-state index in [1.54, 1.807) is 0 Å². The molecule has 5 heteroatoms. The predicted molar refractivity (Wildman–Crippen MR) is 94.8 cm³/mol. The van der Waals surface area contributed by atoms with Crippen molar-refractivity contribution in [3.8, 4) is 5.75 Å². The smallest absolute Gasteiger partial charge is 0.246 e. The minimum Gasteiger partial charge on any atom is -0.492 e. The van der Waals surface area contributed by atoms with Crippen LogP contribution < -0.4 is 15.8 Å². The van der Waals surface area contributed by atoms with E-state index in [4.69, 9.17) is 15.2 Å². The highest BCUT2D eigenvalue weighted by Crippen LogP contribution is 2.14. The first kappa shape index (κ1) is 18.5. The molecule has 132 valence electrons. The lowest BCUT2D eigenvalue weighted by molar-refractivity contribution is -0.127. The maximum Gasteiger partial charge on any atom is 0.246 e. The van der Waals surface area contributed by atoms with Gasteiger partial charge in [-0.05, 0) is 37.0 Å². The Morgan fingerprint density at radius 3 is 2.83 bits per heavy atom. The summed E-state index contributed by atoms with van der Waals surface area (Å²) >= 11 is 0. The van der Waals surface area contributed by atoms with Gasteiger partial charge in [-0.2, -0.15) is 0 Å². The van der Waals surface area contributed by atoms with Gasteiger partial charge >= 0.3 is 0 Å². The Bertz CT molecular complexity index is 514. The van der Waals surface area contributed by atoms with E-state index in [1.807, 2.05) is 24.3 Å². The summed E-state index contributed by atoms with van der Waals surface area (Å²) in [5.41, 5.74) is 6.42. The highest BCUT2D eigenvalue weighted by Gasteiger charge is 2.10. The average Bonchev–Trinajstić information content (AvgIpc) is 2.58. The van der Waals surface area contributed by atoms with Crippen LogP contribution in [0.3, 0.4) is 0 Å². The van der Waals surface area contributed by atoms with Crippen LogP contribution in [0.15, 0.2) is 36.4 Å². The third-order valence-corrected chi connectivity index (χ3v) is 3.94. The topological polar surface area (TPSA) is 73.6 Å². The Kier molecular flexibility index (Phi) is 8.35. The van der Waals surface area contributed by atoms with Gasteiger partial charge in [-0.25, -0.2) is 0 Å². The van der Waals surface area contributed by atoms with Crippen LogP contribution in [-0.4, -0.2) is 31.8 Å². The first-order valence-electron chi connectivity index (χ1n) is 8.74. The van der Waals surface area contributed by atoms with Gasteiger partial charge in [0, 0.05) is 13.1 Å². The summed E-state index contributed by atoms with van der Waals surface area (Å²) < 4.78 is 11.1. The lowest BCUT2D eigenvalue weighted by atomic mass is 10.0. The number of ether oxygens (including phenoxy) is 2. The molecule has 0 saturated carbocycles. The summed E-state index contributed by atoms with van der Waals surface area (Å²) in [6.07, 6.45) is 10.1. The van der Waals surface area contributed by atoms with Crippen LogP contribution >= 0.6 is 0 Å². The number of nitrogens with two attached hydrogens (primary N) is 1. The molecule has 0 heterocycles. The zero-order chi connectivity index (χ0) is 17.0. The number of amides is 1. The fourth-order valence-electron chi connectivity index (χ4n) is 2.58. The lowest BCUT2D eigenvalue weighted by Crippen LogP contribution is -2.29. The van der Waals surface area contributed by atoms with Crippen LogP contribution in [0.25, 0.3) is 0 Å². The molecule has 1 amide bonds. The van der Waals surface area contributed by atoms with Crippen molar-refractivity contribution < 1.29 is 14.3 Å². The molecule has 1 aromatic carbocycles. The lowest BCUT2D eigenvalue weighted by Gasteiger charge is -2.16. The Labute approximate surface area is 144 Å². The van der Waals surface area contributed by atoms with Crippen LogP contribution in [0.4, 0.5) is 0 Å². The van der Waals surface area contributed by atoms with Crippen LogP contribution in [0, 0.1) is 0 Å². The van der Waals surface area contributed by atoms with Crippen LogP contribution in [-0.2, 0) is 16.1 Å². The fraction of sp³-hybridized carbons (Fsp3) is 0.526. The summed E-state index contributed by atoms with van der Waals surface area (Å²) in [6, 6.07) is 7.63. The van der Waals surface area contributed by atoms with Gasteiger partial charge in [-0.1, -0.05) is 37.1 Å². The van der Waals surface area contributed by atoms with Gasteiger partial charge in [0.15, 0.2) is 0 Å². The Balaban J connectivity index is 1.67. The van der Waals surface area contributed by atoms with E-state index in [2.05, 4.69) is 17.5 Å². The van der Waals surface area contributed by atoms with Crippen molar-refractivity contribution in [2.24, 2.45) is 5.73 Å². The number of hydrogen-bond donors (Lipinski definition) is 2. The van der Waals surface area contributed by atoms with E-state index in [0.29, 0.717) is 19.7 Å². The van der Waals surface area contributed by atoms with Crippen LogP contribution in [0.2, 0.25) is 0 Å². The van der Waals surface area contributed by atoms with E-state index in [-0.39, 0.29) is 18.6 Å². The second kappa shape index (κ2) is 10.8. The second-order valence-electron chi connectivity index (χ2n) is 5.97. The average molecular weight is 332 g/mol. The zero-order valence-corrected chi connectivity index (χ0v) is 14.2. The van der Waals surface area contributed by atoms with Gasteiger partial charge < -0.3 is 20.5 Å². The molecule has 0 aromatic heterocycles. The van der Waals surface area contributed by atoms with E-state index < -0.39 is 0 Å². The van der Waals surface area contributed by atoms with Crippen LogP contribution in [0.1, 0.15) is 37.7 Å². The van der Waals surface area contributed by atoms with Crippen molar-refractivity contribution in [3.63, 3.8) is 0 Å². The summed E-state index contributed by atoms with van der Waals surface area (Å²) in [4.78, 5) is 11.9. The molecule has 0 fully saturated rings. The fourth-order valence-corrected chi connectivity index (χ4v) is 2.58. The molecule has 1 atom stereocenters. The molecular weight excluding hydrogens is 304 g/mol. The minimum absolute atomic E-state index is 0.0648. The van der Waals surface area contributed by atoms with Crippen molar-refractivity contribution >= 4 is 5.91 Å². The monoisotopic (exact) mass is 332 g/mol. The molecule has 1 unspecified atom stereocenters. The molecule has 0 radical (unpaired) electrons. The number of rotatable bonds is 8.